The van der Waals surface area contributed by atoms with E-state index in [4.69, 9.17) is 4.74 Å². The maximum atomic E-state index is 13.8. The second kappa shape index (κ2) is 13.8. The standard InChI is InChI=1S/C23H27F17O2/c1-14(2)15(41)42-13-11-9-7-5-3-4-6-8-10-12-16(24,25)17(26,27)18(28,29)19(30,31)20(32,33)21(34,35)22(36,37)23(38,39)40/h1,3-13H2,2H3. The Balaban J connectivity index is 5.12. The van der Waals surface area contributed by atoms with Crippen molar-refractivity contribution in [2.45, 2.75) is 119 Å². The van der Waals surface area contributed by atoms with Crippen LogP contribution in [0.15, 0.2) is 12.2 Å². The molecular weight excluding hydrogens is 631 g/mol. The summed E-state index contributed by atoms with van der Waals surface area (Å²) in [5.41, 5.74) is 0.210. The minimum absolute atomic E-state index is 0.0151. The van der Waals surface area contributed by atoms with E-state index in [2.05, 4.69) is 6.58 Å². The van der Waals surface area contributed by atoms with Gasteiger partial charge in [0.05, 0.1) is 6.61 Å². The smallest absolute Gasteiger partial charge is 0.460 e. The highest BCUT2D eigenvalue weighted by atomic mass is 19.4. The molecule has 0 amide bonds. The van der Waals surface area contributed by atoms with Crippen LogP contribution in [0.3, 0.4) is 0 Å². The Morgan fingerprint density at radius 3 is 1.17 bits per heavy atom. The van der Waals surface area contributed by atoms with E-state index >= 15 is 0 Å². The van der Waals surface area contributed by atoms with Crippen molar-refractivity contribution in [2.75, 3.05) is 6.61 Å². The van der Waals surface area contributed by atoms with E-state index in [9.17, 15) is 79.4 Å². The van der Waals surface area contributed by atoms with Crippen molar-refractivity contribution in [1.29, 1.82) is 0 Å². The number of rotatable bonds is 19. The van der Waals surface area contributed by atoms with E-state index < -0.39 is 72.9 Å². The predicted molar refractivity (Wildman–Crippen MR) is 113 cm³/mol. The molecule has 0 spiro atoms. The van der Waals surface area contributed by atoms with Crippen molar-refractivity contribution in [2.24, 2.45) is 0 Å². The van der Waals surface area contributed by atoms with E-state index in [-0.39, 0.29) is 25.0 Å². The van der Waals surface area contributed by atoms with Gasteiger partial charge in [-0.05, 0) is 19.8 Å². The number of carbonyl (C=O) groups is 1. The van der Waals surface area contributed by atoms with Gasteiger partial charge in [-0.15, -0.1) is 0 Å². The number of hydrogen-bond donors (Lipinski definition) is 0. The predicted octanol–water partition coefficient (Wildman–Crippen LogP) is 10.0. The molecule has 0 aromatic heterocycles. The Kier molecular flexibility index (Phi) is 13.1. The molecule has 0 aliphatic heterocycles. The van der Waals surface area contributed by atoms with Crippen LogP contribution in [0.25, 0.3) is 0 Å². The number of alkyl halides is 17. The van der Waals surface area contributed by atoms with Crippen LogP contribution >= 0.6 is 0 Å². The third kappa shape index (κ3) is 7.94. The topological polar surface area (TPSA) is 26.3 Å². The molecule has 0 heterocycles. The van der Waals surface area contributed by atoms with Gasteiger partial charge in [0.15, 0.2) is 0 Å². The molecule has 2 nitrogen and oxygen atoms in total. The van der Waals surface area contributed by atoms with Gasteiger partial charge in [-0.25, -0.2) is 4.79 Å². The van der Waals surface area contributed by atoms with E-state index in [1.54, 1.807) is 0 Å². The first-order valence-corrected chi connectivity index (χ1v) is 12.1. The van der Waals surface area contributed by atoms with E-state index in [1.165, 1.54) is 6.92 Å². The first-order valence-electron chi connectivity index (χ1n) is 12.1. The summed E-state index contributed by atoms with van der Waals surface area (Å²) in [6.45, 7) is 4.96. The molecule has 0 rings (SSSR count). The van der Waals surface area contributed by atoms with Gasteiger partial charge in [0, 0.05) is 12.0 Å². The average Bonchev–Trinajstić information content (AvgIpc) is 2.82. The molecule has 0 aromatic rings. The monoisotopic (exact) mass is 658 g/mol. The molecule has 0 N–H and O–H groups in total. The summed E-state index contributed by atoms with van der Waals surface area (Å²) in [5.74, 6) is -56.5. The van der Waals surface area contributed by atoms with Gasteiger partial charge in [-0.1, -0.05) is 51.5 Å². The molecule has 0 atom stereocenters. The molecule has 0 aromatic carbocycles. The zero-order valence-corrected chi connectivity index (χ0v) is 21.7. The van der Waals surface area contributed by atoms with Gasteiger partial charge in [0.25, 0.3) is 0 Å². The minimum atomic E-state index is -8.60. The van der Waals surface area contributed by atoms with Crippen LogP contribution in [0.1, 0.15) is 71.1 Å². The molecule has 42 heavy (non-hydrogen) atoms. The van der Waals surface area contributed by atoms with Gasteiger partial charge in [-0.2, -0.15) is 74.6 Å². The minimum Gasteiger partial charge on any atom is -0.462 e. The van der Waals surface area contributed by atoms with E-state index in [0.717, 1.165) is 0 Å². The van der Waals surface area contributed by atoms with Crippen molar-refractivity contribution >= 4 is 5.97 Å². The fraction of sp³-hybridized carbons (Fsp3) is 0.870. The quantitative estimate of drug-likeness (QED) is 0.0598. The SMILES string of the molecule is C=C(C)C(=O)OCCCCCCCCCCCC(F)(F)C(F)(F)C(F)(F)C(F)(F)C(F)(F)C(F)(F)C(F)(F)C(F)(F)F. The maximum absolute atomic E-state index is 13.8. The lowest BCUT2D eigenvalue weighted by Gasteiger charge is -2.42. The van der Waals surface area contributed by atoms with E-state index in [0.29, 0.717) is 32.1 Å². The molecule has 250 valence electrons. The van der Waals surface area contributed by atoms with Crippen LogP contribution in [-0.4, -0.2) is 60.2 Å². The highest BCUT2D eigenvalue weighted by molar-refractivity contribution is 5.86. The Bertz CT molecular complexity index is 894. The van der Waals surface area contributed by atoms with Crippen LogP contribution in [0.4, 0.5) is 74.6 Å². The van der Waals surface area contributed by atoms with Crippen molar-refractivity contribution in [1.82, 2.24) is 0 Å². The van der Waals surface area contributed by atoms with Crippen LogP contribution in [-0.2, 0) is 9.53 Å². The van der Waals surface area contributed by atoms with Crippen LogP contribution < -0.4 is 0 Å². The summed E-state index contributed by atoms with van der Waals surface area (Å²) in [7, 11) is 0. The fourth-order valence-electron chi connectivity index (χ4n) is 3.33. The Morgan fingerprint density at radius 2 is 0.810 bits per heavy atom. The third-order valence-electron chi connectivity index (χ3n) is 6.00. The molecule has 0 saturated carbocycles. The molecule has 0 saturated heterocycles. The van der Waals surface area contributed by atoms with Crippen molar-refractivity contribution in [3.63, 3.8) is 0 Å². The number of hydrogen-bond acceptors (Lipinski definition) is 2. The van der Waals surface area contributed by atoms with E-state index in [1.807, 2.05) is 0 Å². The Morgan fingerprint density at radius 1 is 0.500 bits per heavy atom. The summed E-state index contributed by atoms with van der Waals surface area (Å²) >= 11 is 0. The summed E-state index contributed by atoms with van der Waals surface area (Å²) < 4.78 is 230. The summed E-state index contributed by atoms with van der Waals surface area (Å²) in [4.78, 5) is 11.2. The first kappa shape index (κ1) is 40.0. The van der Waals surface area contributed by atoms with Gasteiger partial charge in [-0.3, -0.25) is 0 Å². The number of ether oxygens (including phenoxy) is 1. The molecule has 0 fully saturated rings. The van der Waals surface area contributed by atoms with Gasteiger partial charge >= 0.3 is 53.6 Å². The zero-order chi connectivity index (χ0) is 33.6. The van der Waals surface area contributed by atoms with Crippen molar-refractivity contribution < 1.29 is 84.2 Å². The number of unbranched alkanes of at least 4 members (excludes halogenated alkanes) is 8. The maximum Gasteiger partial charge on any atom is 0.460 e. The normalized spacial score (nSPS) is 14.7. The molecule has 0 radical (unpaired) electrons. The van der Waals surface area contributed by atoms with Crippen molar-refractivity contribution in [3.8, 4) is 0 Å². The van der Waals surface area contributed by atoms with Crippen LogP contribution in [0, 0.1) is 0 Å². The Hall–Kier alpha value is -1.98. The number of halogens is 17. The second-order valence-corrected chi connectivity index (χ2v) is 9.50. The summed E-state index contributed by atoms with van der Waals surface area (Å²) in [6.07, 6.45) is -8.53. The number of carbonyl (C=O) groups excluding carboxylic acids is 1. The largest absolute Gasteiger partial charge is 0.462 e. The first-order chi connectivity index (χ1) is 18.6. The molecule has 0 bridgehead atoms. The fourth-order valence-corrected chi connectivity index (χ4v) is 3.33. The molecule has 0 unspecified atom stereocenters. The third-order valence-corrected chi connectivity index (χ3v) is 6.00. The lowest BCUT2D eigenvalue weighted by Crippen LogP contribution is -2.74. The molecule has 19 heteroatoms. The van der Waals surface area contributed by atoms with Gasteiger partial charge in [0.2, 0.25) is 0 Å². The summed E-state index contributed by atoms with van der Waals surface area (Å²) in [6, 6.07) is 0. The number of esters is 1. The highest BCUT2D eigenvalue weighted by Gasteiger charge is 2.95. The van der Waals surface area contributed by atoms with Gasteiger partial charge < -0.3 is 4.74 Å². The lowest BCUT2D eigenvalue weighted by atomic mass is 9.87. The molecule has 0 aliphatic carbocycles. The Labute approximate surface area is 228 Å². The zero-order valence-electron chi connectivity index (χ0n) is 21.7. The second-order valence-electron chi connectivity index (χ2n) is 9.50. The van der Waals surface area contributed by atoms with Crippen LogP contribution in [0.5, 0.6) is 0 Å². The summed E-state index contributed by atoms with van der Waals surface area (Å²) in [5, 5.41) is 0. The average molecular weight is 658 g/mol. The lowest BCUT2D eigenvalue weighted by molar-refractivity contribution is -0.461. The van der Waals surface area contributed by atoms with Gasteiger partial charge in [0.1, 0.15) is 0 Å². The highest BCUT2D eigenvalue weighted by Crippen LogP contribution is 2.64. The van der Waals surface area contributed by atoms with Crippen LogP contribution in [0.2, 0.25) is 0 Å². The molecular formula is C23H27F17O2. The molecule has 0 aliphatic rings. The van der Waals surface area contributed by atoms with Crippen molar-refractivity contribution in [3.05, 3.63) is 12.2 Å².